The standard InChI is InChI=1S/C16H24N2O3/c1-20-10-9-16(7-3-4-8-16)15(19)18-12-5-6-14(21-2)13(17)11-12/h5-6,11H,3-4,7-10,17H2,1-2H3,(H,18,19). The molecule has 0 aromatic heterocycles. The molecule has 0 saturated heterocycles. The molecular formula is C16H24N2O3. The molecule has 5 nitrogen and oxygen atoms in total. The van der Waals surface area contributed by atoms with Crippen molar-refractivity contribution in [1.82, 2.24) is 0 Å². The molecule has 1 saturated carbocycles. The molecule has 1 aromatic rings. The fourth-order valence-electron chi connectivity index (χ4n) is 3.02. The zero-order valence-corrected chi connectivity index (χ0v) is 12.8. The minimum Gasteiger partial charge on any atom is -0.495 e. The number of carbonyl (C=O) groups excluding carboxylic acids is 1. The summed E-state index contributed by atoms with van der Waals surface area (Å²) in [7, 11) is 3.24. The Hall–Kier alpha value is -1.75. The third-order valence-corrected chi connectivity index (χ3v) is 4.31. The molecule has 21 heavy (non-hydrogen) atoms. The van der Waals surface area contributed by atoms with E-state index in [0.29, 0.717) is 23.7 Å². The maximum atomic E-state index is 12.7. The van der Waals surface area contributed by atoms with Crippen LogP contribution in [0.3, 0.4) is 0 Å². The van der Waals surface area contributed by atoms with Gasteiger partial charge in [-0.15, -0.1) is 0 Å². The smallest absolute Gasteiger partial charge is 0.230 e. The summed E-state index contributed by atoms with van der Waals surface area (Å²) in [5.41, 5.74) is 6.81. The van der Waals surface area contributed by atoms with Gasteiger partial charge in [-0.1, -0.05) is 12.8 Å². The van der Waals surface area contributed by atoms with Crippen molar-refractivity contribution in [2.45, 2.75) is 32.1 Å². The van der Waals surface area contributed by atoms with Crippen molar-refractivity contribution in [1.29, 1.82) is 0 Å². The average Bonchev–Trinajstić information content (AvgIpc) is 2.95. The van der Waals surface area contributed by atoms with E-state index in [1.54, 1.807) is 26.4 Å². The van der Waals surface area contributed by atoms with Crippen LogP contribution < -0.4 is 15.8 Å². The van der Waals surface area contributed by atoms with Gasteiger partial charge < -0.3 is 20.5 Å². The summed E-state index contributed by atoms with van der Waals surface area (Å²) in [5, 5.41) is 3.00. The van der Waals surface area contributed by atoms with Crippen LogP contribution in [0.25, 0.3) is 0 Å². The first-order valence-electron chi connectivity index (χ1n) is 7.35. The maximum Gasteiger partial charge on any atom is 0.230 e. The number of benzene rings is 1. The summed E-state index contributed by atoms with van der Waals surface area (Å²) >= 11 is 0. The van der Waals surface area contributed by atoms with Gasteiger partial charge in [0.05, 0.1) is 18.2 Å². The predicted molar refractivity (Wildman–Crippen MR) is 83.4 cm³/mol. The number of carbonyl (C=O) groups is 1. The molecule has 0 spiro atoms. The number of ether oxygens (including phenoxy) is 2. The zero-order chi connectivity index (χ0) is 15.3. The Bertz CT molecular complexity index is 496. The average molecular weight is 292 g/mol. The number of nitrogens with two attached hydrogens (primary N) is 1. The van der Waals surface area contributed by atoms with E-state index in [2.05, 4.69) is 5.32 Å². The number of nitrogens with one attached hydrogen (secondary N) is 1. The highest BCUT2D eigenvalue weighted by Gasteiger charge is 2.40. The van der Waals surface area contributed by atoms with Gasteiger partial charge in [0.2, 0.25) is 5.91 Å². The lowest BCUT2D eigenvalue weighted by Crippen LogP contribution is -2.35. The van der Waals surface area contributed by atoms with E-state index in [9.17, 15) is 4.79 Å². The van der Waals surface area contributed by atoms with Crippen LogP contribution in [0.2, 0.25) is 0 Å². The molecule has 0 unspecified atom stereocenters. The molecule has 5 heteroatoms. The van der Waals surface area contributed by atoms with Crippen molar-refractivity contribution in [2.75, 3.05) is 31.9 Å². The SMILES string of the molecule is COCCC1(C(=O)Nc2ccc(OC)c(N)c2)CCCC1. The Morgan fingerprint density at radius 1 is 1.33 bits per heavy atom. The molecule has 1 aliphatic carbocycles. The van der Waals surface area contributed by atoms with Gasteiger partial charge in [0.1, 0.15) is 5.75 Å². The molecule has 0 aliphatic heterocycles. The van der Waals surface area contributed by atoms with E-state index in [1.807, 2.05) is 6.07 Å². The minimum atomic E-state index is -0.301. The highest BCUT2D eigenvalue weighted by Crippen LogP contribution is 2.42. The van der Waals surface area contributed by atoms with Crippen molar-refractivity contribution < 1.29 is 14.3 Å². The number of rotatable bonds is 6. The molecule has 1 amide bonds. The normalized spacial score (nSPS) is 16.7. The quantitative estimate of drug-likeness (QED) is 0.791. The molecule has 0 atom stereocenters. The summed E-state index contributed by atoms with van der Waals surface area (Å²) in [6.07, 6.45) is 4.81. The second-order valence-electron chi connectivity index (χ2n) is 5.64. The summed E-state index contributed by atoms with van der Waals surface area (Å²) in [5.74, 6) is 0.685. The predicted octanol–water partition coefficient (Wildman–Crippen LogP) is 2.81. The second kappa shape index (κ2) is 6.80. The molecule has 0 radical (unpaired) electrons. The summed E-state index contributed by atoms with van der Waals surface area (Å²) in [6.45, 7) is 0.609. The monoisotopic (exact) mass is 292 g/mol. The van der Waals surface area contributed by atoms with Crippen molar-refractivity contribution in [3.05, 3.63) is 18.2 Å². The lowest BCUT2D eigenvalue weighted by Gasteiger charge is -2.27. The largest absolute Gasteiger partial charge is 0.495 e. The molecule has 116 valence electrons. The number of amides is 1. The summed E-state index contributed by atoms with van der Waals surface area (Å²) in [4.78, 5) is 12.7. The van der Waals surface area contributed by atoms with Crippen LogP contribution in [0, 0.1) is 5.41 Å². The Morgan fingerprint density at radius 3 is 2.62 bits per heavy atom. The van der Waals surface area contributed by atoms with Gasteiger partial charge in [-0.05, 0) is 37.5 Å². The van der Waals surface area contributed by atoms with E-state index in [4.69, 9.17) is 15.2 Å². The van der Waals surface area contributed by atoms with Crippen LogP contribution in [0.4, 0.5) is 11.4 Å². The molecule has 0 heterocycles. The topological polar surface area (TPSA) is 73.6 Å². The molecule has 3 N–H and O–H groups in total. The van der Waals surface area contributed by atoms with E-state index < -0.39 is 0 Å². The highest BCUT2D eigenvalue weighted by atomic mass is 16.5. The first kappa shape index (κ1) is 15.6. The number of anilines is 2. The van der Waals surface area contributed by atoms with Crippen LogP contribution in [-0.2, 0) is 9.53 Å². The van der Waals surface area contributed by atoms with Gasteiger partial charge in [-0.3, -0.25) is 4.79 Å². The first-order chi connectivity index (χ1) is 10.1. The van der Waals surface area contributed by atoms with Crippen molar-refractivity contribution in [3.63, 3.8) is 0 Å². The van der Waals surface area contributed by atoms with E-state index in [0.717, 1.165) is 32.1 Å². The van der Waals surface area contributed by atoms with Crippen LogP contribution in [0.1, 0.15) is 32.1 Å². The van der Waals surface area contributed by atoms with Crippen LogP contribution in [0.5, 0.6) is 5.75 Å². The molecular weight excluding hydrogens is 268 g/mol. The highest BCUT2D eigenvalue weighted by molar-refractivity contribution is 5.96. The Morgan fingerprint density at radius 2 is 2.05 bits per heavy atom. The fourth-order valence-corrected chi connectivity index (χ4v) is 3.02. The van der Waals surface area contributed by atoms with E-state index in [-0.39, 0.29) is 11.3 Å². The van der Waals surface area contributed by atoms with Gasteiger partial charge in [-0.2, -0.15) is 0 Å². The Kier molecular flexibility index (Phi) is 5.07. The lowest BCUT2D eigenvalue weighted by molar-refractivity contribution is -0.126. The van der Waals surface area contributed by atoms with E-state index in [1.165, 1.54) is 0 Å². The van der Waals surface area contributed by atoms with Gasteiger partial charge in [0.25, 0.3) is 0 Å². The van der Waals surface area contributed by atoms with Gasteiger partial charge in [0, 0.05) is 19.4 Å². The summed E-state index contributed by atoms with van der Waals surface area (Å²) < 4.78 is 10.3. The van der Waals surface area contributed by atoms with Crippen LogP contribution >= 0.6 is 0 Å². The van der Waals surface area contributed by atoms with Gasteiger partial charge in [-0.25, -0.2) is 0 Å². The molecule has 1 aliphatic rings. The Labute approximate surface area is 125 Å². The molecule has 1 fully saturated rings. The summed E-state index contributed by atoms with van der Waals surface area (Å²) in [6, 6.07) is 5.31. The third kappa shape index (κ3) is 3.47. The number of hydrogen-bond donors (Lipinski definition) is 2. The van der Waals surface area contributed by atoms with Gasteiger partial charge in [0.15, 0.2) is 0 Å². The molecule has 0 bridgehead atoms. The molecule has 1 aromatic carbocycles. The van der Waals surface area contributed by atoms with Crippen LogP contribution in [-0.4, -0.2) is 26.7 Å². The van der Waals surface area contributed by atoms with Crippen molar-refractivity contribution in [2.24, 2.45) is 5.41 Å². The Balaban J connectivity index is 2.10. The van der Waals surface area contributed by atoms with Crippen LogP contribution in [0.15, 0.2) is 18.2 Å². The van der Waals surface area contributed by atoms with Crippen molar-refractivity contribution in [3.8, 4) is 5.75 Å². The number of nitrogen functional groups attached to an aromatic ring is 1. The van der Waals surface area contributed by atoms with Gasteiger partial charge >= 0.3 is 0 Å². The fraction of sp³-hybridized carbons (Fsp3) is 0.562. The maximum absolute atomic E-state index is 12.7. The molecule has 2 rings (SSSR count). The second-order valence-corrected chi connectivity index (χ2v) is 5.64. The lowest BCUT2D eigenvalue weighted by atomic mass is 9.82. The van der Waals surface area contributed by atoms with Crippen molar-refractivity contribution >= 4 is 17.3 Å². The number of methoxy groups -OCH3 is 2. The number of hydrogen-bond acceptors (Lipinski definition) is 4. The zero-order valence-electron chi connectivity index (χ0n) is 12.8. The third-order valence-electron chi connectivity index (χ3n) is 4.31. The van der Waals surface area contributed by atoms with E-state index >= 15 is 0 Å². The minimum absolute atomic E-state index is 0.0709. The first-order valence-corrected chi connectivity index (χ1v) is 7.35.